The first-order valence-corrected chi connectivity index (χ1v) is 10.9. The maximum atomic E-state index is 13.5. The Balaban J connectivity index is 1.42. The van der Waals surface area contributed by atoms with Crippen molar-refractivity contribution in [3.05, 3.63) is 76.6 Å². The lowest BCUT2D eigenvalue weighted by atomic mass is 10.0. The van der Waals surface area contributed by atoms with Gasteiger partial charge in [-0.25, -0.2) is 0 Å². The second-order valence-corrected chi connectivity index (χ2v) is 8.36. The molecule has 2 aliphatic heterocycles. The third-order valence-corrected chi connectivity index (χ3v) is 6.45. The fourth-order valence-corrected chi connectivity index (χ4v) is 4.53. The van der Waals surface area contributed by atoms with E-state index in [0.717, 1.165) is 16.8 Å². The van der Waals surface area contributed by atoms with Crippen molar-refractivity contribution in [2.75, 3.05) is 25.1 Å². The van der Waals surface area contributed by atoms with Crippen LogP contribution in [0.4, 0.5) is 5.69 Å². The van der Waals surface area contributed by atoms with Crippen molar-refractivity contribution >= 4 is 17.5 Å². The molecule has 2 aliphatic rings. The molecule has 7 nitrogen and oxygen atoms in total. The Hall–Kier alpha value is -4.05. The topological polar surface area (TPSA) is 67.7 Å². The standard InChI is InChI=1S/C26H24N4O3/c1-4-18-10-11-23-21(14-18)28(3)25(31)22(16-33-23)29-13-12-20-17(2)30(27-24(20)26(29)32)15-19-8-6-5-7-9-19/h1,5-11,14,22H,12-13,15-16H2,2-3H3. The number of likely N-dealkylation sites (N-methyl/N-ethyl adjacent to an activating group) is 1. The van der Waals surface area contributed by atoms with Crippen molar-refractivity contribution in [2.45, 2.75) is 25.9 Å². The highest BCUT2D eigenvalue weighted by Crippen LogP contribution is 2.33. The Labute approximate surface area is 192 Å². The second-order valence-electron chi connectivity index (χ2n) is 8.36. The summed E-state index contributed by atoms with van der Waals surface area (Å²) in [5.74, 6) is 2.70. The van der Waals surface area contributed by atoms with Gasteiger partial charge in [-0.2, -0.15) is 5.10 Å². The number of hydrogen-bond acceptors (Lipinski definition) is 4. The highest BCUT2D eigenvalue weighted by Gasteiger charge is 2.40. The molecule has 0 bridgehead atoms. The minimum absolute atomic E-state index is 0.0797. The van der Waals surface area contributed by atoms with E-state index in [9.17, 15) is 9.59 Å². The number of rotatable bonds is 3. The normalized spacial score (nSPS) is 17.7. The number of ether oxygens (including phenoxy) is 1. The third kappa shape index (κ3) is 3.54. The largest absolute Gasteiger partial charge is 0.489 e. The summed E-state index contributed by atoms with van der Waals surface area (Å²) in [5, 5.41) is 4.64. The van der Waals surface area contributed by atoms with Crippen LogP contribution in [0.5, 0.6) is 5.75 Å². The molecule has 0 fully saturated rings. The van der Waals surface area contributed by atoms with Crippen LogP contribution in [0.3, 0.4) is 0 Å². The lowest BCUT2D eigenvalue weighted by Gasteiger charge is -2.33. The Kier molecular flexibility index (Phi) is 5.14. The van der Waals surface area contributed by atoms with Crippen LogP contribution in [0.25, 0.3) is 0 Å². The first-order valence-electron chi connectivity index (χ1n) is 10.9. The molecule has 1 aromatic heterocycles. The van der Waals surface area contributed by atoms with E-state index in [1.165, 1.54) is 4.90 Å². The molecular formula is C26H24N4O3. The van der Waals surface area contributed by atoms with Gasteiger partial charge in [0.2, 0.25) is 0 Å². The van der Waals surface area contributed by atoms with Crippen LogP contribution in [0, 0.1) is 19.3 Å². The number of fused-ring (bicyclic) bond motifs is 2. The van der Waals surface area contributed by atoms with Crippen molar-refractivity contribution in [1.82, 2.24) is 14.7 Å². The average molecular weight is 441 g/mol. The predicted molar refractivity (Wildman–Crippen MR) is 124 cm³/mol. The molecule has 33 heavy (non-hydrogen) atoms. The number of nitrogens with zero attached hydrogens (tertiary/aromatic N) is 4. The molecule has 2 amide bonds. The monoisotopic (exact) mass is 440 g/mol. The van der Waals surface area contributed by atoms with Gasteiger partial charge in [-0.15, -0.1) is 6.42 Å². The van der Waals surface area contributed by atoms with Crippen LogP contribution in [0.1, 0.15) is 32.9 Å². The maximum Gasteiger partial charge on any atom is 0.275 e. The highest BCUT2D eigenvalue weighted by atomic mass is 16.5. The minimum atomic E-state index is -0.739. The summed E-state index contributed by atoms with van der Waals surface area (Å²) < 4.78 is 7.82. The van der Waals surface area contributed by atoms with Crippen LogP contribution in [0.15, 0.2) is 48.5 Å². The van der Waals surface area contributed by atoms with Gasteiger partial charge in [0.05, 0.1) is 12.2 Å². The summed E-state index contributed by atoms with van der Waals surface area (Å²) in [6.07, 6.45) is 6.16. The van der Waals surface area contributed by atoms with Gasteiger partial charge in [-0.05, 0) is 37.1 Å². The predicted octanol–water partition coefficient (Wildman–Crippen LogP) is 2.64. The second kappa shape index (κ2) is 8.14. The van der Waals surface area contributed by atoms with E-state index in [1.54, 1.807) is 30.1 Å². The molecular weight excluding hydrogens is 416 g/mol. The highest BCUT2D eigenvalue weighted by molar-refractivity contribution is 6.03. The van der Waals surface area contributed by atoms with Crippen molar-refractivity contribution in [1.29, 1.82) is 0 Å². The van der Waals surface area contributed by atoms with Crippen molar-refractivity contribution < 1.29 is 14.3 Å². The average Bonchev–Trinajstić information content (AvgIpc) is 3.09. The molecule has 7 heteroatoms. The Morgan fingerprint density at radius 2 is 1.97 bits per heavy atom. The molecule has 1 unspecified atom stereocenters. The number of hydrogen-bond donors (Lipinski definition) is 0. The van der Waals surface area contributed by atoms with E-state index in [2.05, 4.69) is 11.0 Å². The first-order chi connectivity index (χ1) is 16.0. The molecule has 5 rings (SSSR count). The summed E-state index contributed by atoms with van der Waals surface area (Å²) in [5.41, 5.74) is 4.73. The number of benzene rings is 2. The minimum Gasteiger partial charge on any atom is -0.489 e. The van der Waals surface area contributed by atoms with Gasteiger partial charge >= 0.3 is 0 Å². The van der Waals surface area contributed by atoms with Crippen molar-refractivity contribution in [3.8, 4) is 18.1 Å². The summed E-state index contributed by atoms with van der Waals surface area (Å²) in [4.78, 5) is 29.9. The van der Waals surface area contributed by atoms with Crippen LogP contribution in [0.2, 0.25) is 0 Å². The van der Waals surface area contributed by atoms with Crippen LogP contribution < -0.4 is 9.64 Å². The van der Waals surface area contributed by atoms with Crippen LogP contribution in [-0.4, -0.2) is 52.7 Å². The molecule has 1 atom stereocenters. The van der Waals surface area contributed by atoms with E-state index in [0.29, 0.717) is 42.2 Å². The fraction of sp³-hybridized carbons (Fsp3) is 0.269. The van der Waals surface area contributed by atoms with Crippen LogP contribution in [-0.2, 0) is 17.8 Å². The summed E-state index contributed by atoms with van der Waals surface area (Å²) in [6, 6.07) is 14.6. The molecule has 0 saturated heterocycles. The number of carbonyl (C=O) groups is 2. The molecule has 0 aliphatic carbocycles. The molecule has 3 heterocycles. The number of terminal acetylenes is 1. The zero-order chi connectivity index (χ0) is 23.1. The molecule has 2 aromatic carbocycles. The quantitative estimate of drug-likeness (QED) is 0.588. The molecule has 0 radical (unpaired) electrons. The lowest BCUT2D eigenvalue weighted by Crippen LogP contribution is -2.54. The molecule has 166 valence electrons. The number of anilines is 1. The molecule has 0 saturated carbocycles. The Bertz CT molecular complexity index is 1290. The van der Waals surface area contributed by atoms with Crippen LogP contribution >= 0.6 is 0 Å². The maximum absolute atomic E-state index is 13.5. The summed E-state index contributed by atoms with van der Waals surface area (Å²) >= 11 is 0. The van der Waals surface area contributed by atoms with Gasteiger partial charge in [0.1, 0.15) is 18.4 Å². The van der Waals surface area contributed by atoms with Gasteiger partial charge < -0.3 is 14.5 Å². The third-order valence-electron chi connectivity index (χ3n) is 6.45. The van der Waals surface area contributed by atoms with E-state index >= 15 is 0 Å². The van der Waals surface area contributed by atoms with E-state index in [-0.39, 0.29) is 18.4 Å². The van der Waals surface area contributed by atoms with Gasteiger partial charge in [0.15, 0.2) is 5.69 Å². The Morgan fingerprint density at radius 1 is 1.18 bits per heavy atom. The first kappa shape index (κ1) is 20.8. The smallest absolute Gasteiger partial charge is 0.275 e. The van der Waals surface area contributed by atoms with Gasteiger partial charge in [-0.3, -0.25) is 14.3 Å². The number of amides is 2. The molecule has 0 spiro atoms. The van der Waals surface area contributed by atoms with Crippen molar-refractivity contribution in [2.24, 2.45) is 0 Å². The van der Waals surface area contributed by atoms with Gasteiger partial charge in [-0.1, -0.05) is 36.3 Å². The van der Waals surface area contributed by atoms with E-state index in [1.807, 2.05) is 41.9 Å². The van der Waals surface area contributed by atoms with Gasteiger partial charge in [0.25, 0.3) is 11.8 Å². The number of carbonyl (C=O) groups excluding carboxylic acids is 2. The summed E-state index contributed by atoms with van der Waals surface area (Å²) in [6.45, 7) is 3.10. The molecule has 3 aromatic rings. The zero-order valence-corrected chi connectivity index (χ0v) is 18.6. The zero-order valence-electron chi connectivity index (χ0n) is 18.6. The SMILES string of the molecule is C#Cc1ccc2c(c1)N(C)C(=O)C(N1CCc3c(nn(Cc4ccccc4)c3C)C1=O)CO2. The van der Waals surface area contributed by atoms with E-state index in [4.69, 9.17) is 11.2 Å². The van der Waals surface area contributed by atoms with E-state index < -0.39 is 6.04 Å². The summed E-state index contributed by atoms with van der Waals surface area (Å²) in [7, 11) is 1.68. The Morgan fingerprint density at radius 3 is 2.73 bits per heavy atom. The van der Waals surface area contributed by atoms with Crippen molar-refractivity contribution in [3.63, 3.8) is 0 Å². The lowest BCUT2D eigenvalue weighted by molar-refractivity contribution is -0.123. The van der Waals surface area contributed by atoms with Gasteiger partial charge in [0, 0.05) is 30.4 Å². The number of aromatic nitrogens is 2. The molecule has 0 N–H and O–H groups in total. The fourth-order valence-electron chi connectivity index (χ4n) is 4.53.